The van der Waals surface area contributed by atoms with Crippen LogP contribution in [0.15, 0.2) is 22.8 Å². The fourth-order valence-electron chi connectivity index (χ4n) is 1.63. The third kappa shape index (κ3) is 3.25. The molecular formula is C10H15ClN2O2. The van der Waals surface area contributed by atoms with Crippen molar-refractivity contribution < 1.29 is 9.21 Å². The van der Waals surface area contributed by atoms with Crippen LogP contribution in [0.5, 0.6) is 0 Å². The molecule has 0 radical (unpaired) electrons. The Labute approximate surface area is 94.8 Å². The molecule has 0 spiro atoms. The van der Waals surface area contributed by atoms with Gasteiger partial charge in [0, 0.05) is 6.04 Å². The lowest BCUT2D eigenvalue weighted by atomic mass is 10.1. The van der Waals surface area contributed by atoms with Gasteiger partial charge in [0.05, 0.1) is 6.26 Å². The maximum Gasteiger partial charge on any atom is 0.287 e. The van der Waals surface area contributed by atoms with Crippen molar-refractivity contribution >= 4 is 18.3 Å². The summed E-state index contributed by atoms with van der Waals surface area (Å²) in [5.41, 5.74) is 0. The van der Waals surface area contributed by atoms with E-state index in [1.165, 1.54) is 6.26 Å². The number of hydrogen-bond donors (Lipinski definition) is 2. The minimum absolute atomic E-state index is 0. The molecule has 0 unspecified atom stereocenters. The van der Waals surface area contributed by atoms with E-state index < -0.39 is 0 Å². The molecule has 2 rings (SSSR count). The van der Waals surface area contributed by atoms with Crippen LogP contribution in [0.3, 0.4) is 0 Å². The van der Waals surface area contributed by atoms with E-state index in [9.17, 15) is 4.79 Å². The number of halogens is 1. The lowest BCUT2D eigenvalue weighted by Gasteiger charge is -2.23. The smallest absolute Gasteiger partial charge is 0.287 e. The molecule has 84 valence electrons. The standard InChI is InChI=1S/C10H14N2O2.ClH/c13-10(9-2-1-7-14-9)12-8-3-5-11-6-4-8;/h1-2,7-8,11H,3-6H2,(H,12,13);1H. The fraction of sp³-hybridized carbons (Fsp3) is 0.500. The molecule has 4 nitrogen and oxygen atoms in total. The van der Waals surface area contributed by atoms with E-state index in [1.54, 1.807) is 12.1 Å². The molecule has 0 bridgehead atoms. The number of furan rings is 1. The van der Waals surface area contributed by atoms with E-state index in [2.05, 4.69) is 10.6 Å². The van der Waals surface area contributed by atoms with Crippen LogP contribution in [-0.4, -0.2) is 25.0 Å². The van der Waals surface area contributed by atoms with Gasteiger partial charge >= 0.3 is 0 Å². The van der Waals surface area contributed by atoms with Gasteiger partial charge in [0.2, 0.25) is 0 Å². The lowest BCUT2D eigenvalue weighted by Crippen LogP contribution is -2.42. The highest BCUT2D eigenvalue weighted by atomic mass is 35.5. The van der Waals surface area contributed by atoms with Crippen molar-refractivity contribution in [2.45, 2.75) is 18.9 Å². The van der Waals surface area contributed by atoms with Gasteiger partial charge in [-0.3, -0.25) is 4.79 Å². The van der Waals surface area contributed by atoms with Crippen molar-refractivity contribution in [2.75, 3.05) is 13.1 Å². The predicted octanol–water partition coefficient (Wildman–Crippen LogP) is 1.18. The van der Waals surface area contributed by atoms with Crippen LogP contribution in [-0.2, 0) is 0 Å². The van der Waals surface area contributed by atoms with Gasteiger partial charge < -0.3 is 15.1 Å². The highest BCUT2D eigenvalue weighted by Crippen LogP contribution is 2.05. The van der Waals surface area contributed by atoms with Crippen LogP contribution in [0, 0.1) is 0 Å². The van der Waals surface area contributed by atoms with Crippen molar-refractivity contribution in [1.82, 2.24) is 10.6 Å². The molecule has 1 aliphatic rings. The van der Waals surface area contributed by atoms with E-state index in [0.717, 1.165) is 25.9 Å². The highest BCUT2D eigenvalue weighted by Gasteiger charge is 2.17. The van der Waals surface area contributed by atoms with Crippen molar-refractivity contribution in [1.29, 1.82) is 0 Å². The molecule has 2 N–H and O–H groups in total. The van der Waals surface area contributed by atoms with Crippen LogP contribution in [0.1, 0.15) is 23.4 Å². The Bertz CT molecular complexity index is 294. The summed E-state index contributed by atoms with van der Waals surface area (Å²) in [6.45, 7) is 1.95. The second kappa shape index (κ2) is 5.78. The van der Waals surface area contributed by atoms with Crippen LogP contribution < -0.4 is 10.6 Å². The largest absolute Gasteiger partial charge is 0.459 e. The third-order valence-corrected chi connectivity index (χ3v) is 2.42. The normalized spacial score (nSPS) is 16.8. The van der Waals surface area contributed by atoms with Crippen LogP contribution in [0.4, 0.5) is 0 Å². The summed E-state index contributed by atoms with van der Waals surface area (Å²) in [5, 5.41) is 6.20. The minimum Gasteiger partial charge on any atom is -0.459 e. The lowest BCUT2D eigenvalue weighted by molar-refractivity contribution is 0.0901. The average molecular weight is 231 g/mol. The molecule has 1 saturated heterocycles. The van der Waals surface area contributed by atoms with Crippen LogP contribution in [0.2, 0.25) is 0 Å². The predicted molar refractivity (Wildman–Crippen MR) is 59.3 cm³/mol. The van der Waals surface area contributed by atoms with E-state index in [1.807, 2.05) is 0 Å². The maximum atomic E-state index is 11.5. The molecule has 1 aliphatic heterocycles. The number of carbonyl (C=O) groups is 1. The molecule has 0 aromatic carbocycles. The average Bonchev–Trinajstić information content (AvgIpc) is 2.72. The number of rotatable bonds is 2. The first-order chi connectivity index (χ1) is 6.86. The quantitative estimate of drug-likeness (QED) is 0.803. The van der Waals surface area contributed by atoms with Crippen LogP contribution in [0.25, 0.3) is 0 Å². The first kappa shape index (κ1) is 12.1. The summed E-state index contributed by atoms with van der Waals surface area (Å²) in [6.07, 6.45) is 3.50. The van der Waals surface area contributed by atoms with Crippen molar-refractivity contribution in [2.24, 2.45) is 0 Å². The van der Waals surface area contributed by atoms with Gasteiger partial charge in [-0.2, -0.15) is 0 Å². The number of hydrogen-bond acceptors (Lipinski definition) is 3. The van der Waals surface area contributed by atoms with Gasteiger partial charge in [-0.25, -0.2) is 0 Å². The van der Waals surface area contributed by atoms with Crippen molar-refractivity contribution in [3.63, 3.8) is 0 Å². The van der Waals surface area contributed by atoms with E-state index >= 15 is 0 Å². The zero-order chi connectivity index (χ0) is 9.80. The number of carbonyl (C=O) groups excluding carboxylic acids is 1. The first-order valence-electron chi connectivity index (χ1n) is 4.91. The van der Waals surface area contributed by atoms with E-state index in [-0.39, 0.29) is 24.4 Å². The zero-order valence-corrected chi connectivity index (χ0v) is 9.18. The Balaban J connectivity index is 0.00000112. The summed E-state index contributed by atoms with van der Waals surface area (Å²) >= 11 is 0. The monoisotopic (exact) mass is 230 g/mol. The summed E-state index contributed by atoms with van der Waals surface area (Å²) < 4.78 is 5.01. The van der Waals surface area contributed by atoms with Gasteiger partial charge in [-0.05, 0) is 38.1 Å². The van der Waals surface area contributed by atoms with Gasteiger partial charge in [-0.15, -0.1) is 12.4 Å². The molecule has 15 heavy (non-hydrogen) atoms. The Morgan fingerprint density at radius 1 is 1.47 bits per heavy atom. The van der Waals surface area contributed by atoms with E-state index in [4.69, 9.17) is 4.42 Å². The molecule has 1 amide bonds. The zero-order valence-electron chi connectivity index (χ0n) is 8.36. The highest BCUT2D eigenvalue weighted by molar-refractivity contribution is 5.91. The van der Waals surface area contributed by atoms with Gasteiger partial charge in [-0.1, -0.05) is 0 Å². The maximum absolute atomic E-state index is 11.5. The van der Waals surface area contributed by atoms with Gasteiger partial charge in [0.1, 0.15) is 0 Å². The Kier molecular flexibility index (Phi) is 4.65. The topological polar surface area (TPSA) is 54.3 Å². The molecule has 5 heteroatoms. The molecule has 0 saturated carbocycles. The molecule has 1 aromatic heterocycles. The third-order valence-electron chi connectivity index (χ3n) is 2.42. The Hall–Kier alpha value is -1.00. The molecule has 0 aliphatic carbocycles. The number of piperidine rings is 1. The Morgan fingerprint density at radius 3 is 2.80 bits per heavy atom. The molecule has 1 aromatic rings. The van der Waals surface area contributed by atoms with Crippen molar-refractivity contribution in [3.8, 4) is 0 Å². The number of nitrogens with one attached hydrogen (secondary N) is 2. The molecular weight excluding hydrogens is 216 g/mol. The Morgan fingerprint density at radius 2 is 2.20 bits per heavy atom. The molecule has 2 heterocycles. The fourth-order valence-corrected chi connectivity index (χ4v) is 1.63. The van der Waals surface area contributed by atoms with Gasteiger partial charge in [0.15, 0.2) is 5.76 Å². The number of amides is 1. The van der Waals surface area contributed by atoms with Gasteiger partial charge in [0.25, 0.3) is 5.91 Å². The summed E-state index contributed by atoms with van der Waals surface area (Å²) in [7, 11) is 0. The summed E-state index contributed by atoms with van der Waals surface area (Å²) in [6, 6.07) is 3.68. The van der Waals surface area contributed by atoms with Crippen LogP contribution >= 0.6 is 12.4 Å². The minimum atomic E-state index is -0.109. The second-order valence-corrected chi connectivity index (χ2v) is 3.48. The molecule has 0 atom stereocenters. The summed E-state index contributed by atoms with van der Waals surface area (Å²) in [4.78, 5) is 11.5. The summed E-state index contributed by atoms with van der Waals surface area (Å²) in [5.74, 6) is 0.283. The SMILES string of the molecule is Cl.O=C(NC1CCNCC1)c1ccco1. The second-order valence-electron chi connectivity index (χ2n) is 3.48. The molecule has 1 fully saturated rings. The van der Waals surface area contributed by atoms with E-state index in [0.29, 0.717) is 5.76 Å². The van der Waals surface area contributed by atoms with Crippen molar-refractivity contribution in [3.05, 3.63) is 24.2 Å². The first-order valence-corrected chi connectivity index (χ1v) is 4.91.